The van der Waals surface area contributed by atoms with Crippen molar-refractivity contribution in [3.8, 4) is 11.5 Å². The molecule has 0 fully saturated rings. The Bertz CT molecular complexity index is 537. The normalized spacial score (nSPS) is 10.8. The summed E-state index contributed by atoms with van der Waals surface area (Å²) in [5, 5.41) is 3.34. The largest absolute Gasteiger partial charge is 0.370 e. The second-order valence-electron chi connectivity index (χ2n) is 5.31. The quantitative estimate of drug-likeness (QED) is 0.872. The van der Waals surface area contributed by atoms with E-state index < -0.39 is 0 Å². The molecule has 2 aromatic rings. The predicted molar refractivity (Wildman–Crippen MR) is 82.6 cm³/mol. The molecule has 0 spiro atoms. The van der Waals surface area contributed by atoms with Crippen LogP contribution >= 0.6 is 0 Å². The number of rotatable bonds is 6. The maximum Gasteiger partial charge on any atom is 0.180 e. The molecule has 4 nitrogen and oxygen atoms in total. The molecule has 0 atom stereocenters. The molecular formula is C16H22N4. The highest BCUT2D eigenvalue weighted by molar-refractivity contribution is 5.52. The monoisotopic (exact) mass is 270 g/mol. The van der Waals surface area contributed by atoms with E-state index in [0.29, 0.717) is 11.7 Å². The maximum absolute atomic E-state index is 4.64. The van der Waals surface area contributed by atoms with Crippen molar-refractivity contribution in [2.75, 3.05) is 11.9 Å². The number of nitrogens with one attached hydrogen (secondary N) is 1. The van der Waals surface area contributed by atoms with Crippen molar-refractivity contribution in [3.63, 3.8) is 0 Å². The Balaban J connectivity index is 2.34. The molecule has 0 unspecified atom stereocenters. The van der Waals surface area contributed by atoms with Crippen molar-refractivity contribution >= 4 is 5.82 Å². The highest BCUT2D eigenvalue weighted by atomic mass is 15.0. The van der Waals surface area contributed by atoms with Gasteiger partial charge >= 0.3 is 0 Å². The van der Waals surface area contributed by atoms with Crippen LogP contribution in [0.3, 0.4) is 0 Å². The molecule has 0 amide bonds. The van der Waals surface area contributed by atoms with Crippen LogP contribution in [0.15, 0.2) is 30.5 Å². The Morgan fingerprint density at radius 1 is 1.20 bits per heavy atom. The minimum Gasteiger partial charge on any atom is -0.370 e. The van der Waals surface area contributed by atoms with Gasteiger partial charge in [-0.3, -0.25) is 4.98 Å². The average molecular weight is 270 g/mol. The first-order valence-electron chi connectivity index (χ1n) is 7.22. The van der Waals surface area contributed by atoms with Crippen LogP contribution in [0.2, 0.25) is 0 Å². The zero-order valence-corrected chi connectivity index (χ0v) is 12.4. The summed E-state index contributed by atoms with van der Waals surface area (Å²) in [7, 11) is 0. The van der Waals surface area contributed by atoms with Crippen LogP contribution in [0.25, 0.3) is 11.5 Å². The molecule has 2 rings (SSSR count). The molecule has 1 N–H and O–H groups in total. The molecule has 0 aliphatic carbocycles. The lowest BCUT2D eigenvalue weighted by atomic mass is 10.1. The Kier molecular flexibility index (Phi) is 5.04. The Morgan fingerprint density at radius 3 is 2.70 bits per heavy atom. The molecule has 0 aliphatic rings. The summed E-state index contributed by atoms with van der Waals surface area (Å²) in [5.41, 5.74) is 1.88. The molecule has 0 saturated heterocycles. The van der Waals surface area contributed by atoms with E-state index in [0.717, 1.165) is 36.6 Å². The molecule has 0 aliphatic heterocycles. The summed E-state index contributed by atoms with van der Waals surface area (Å²) in [4.78, 5) is 13.5. The number of hydrogen-bond acceptors (Lipinski definition) is 4. The van der Waals surface area contributed by atoms with Gasteiger partial charge in [-0.15, -0.1) is 0 Å². The average Bonchev–Trinajstić information content (AvgIpc) is 2.45. The molecule has 0 radical (unpaired) electrons. The van der Waals surface area contributed by atoms with Crippen molar-refractivity contribution in [2.24, 2.45) is 5.92 Å². The van der Waals surface area contributed by atoms with Crippen molar-refractivity contribution in [1.82, 2.24) is 15.0 Å². The van der Waals surface area contributed by atoms with Gasteiger partial charge in [0.25, 0.3) is 0 Å². The van der Waals surface area contributed by atoms with E-state index in [9.17, 15) is 0 Å². The lowest BCUT2D eigenvalue weighted by molar-refractivity contribution is 0.634. The van der Waals surface area contributed by atoms with E-state index in [1.807, 2.05) is 24.3 Å². The maximum atomic E-state index is 4.64. The molecule has 106 valence electrons. The van der Waals surface area contributed by atoms with Crippen LogP contribution in [0.5, 0.6) is 0 Å². The Hall–Kier alpha value is -1.97. The molecule has 0 bridgehead atoms. The number of aromatic nitrogens is 3. The van der Waals surface area contributed by atoms with Crippen molar-refractivity contribution < 1.29 is 0 Å². The summed E-state index contributed by atoms with van der Waals surface area (Å²) in [6.07, 6.45) is 3.79. The minimum atomic E-state index is 0.570. The molecule has 2 aromatic heterocycles. The molecule has 20 heavy (non-hydrogen) atoms. The van der Waals surface area contributed by atoms with Crippen LogP contribution in [-0.2, 0) is 6.42 Å². The van der Waals surface area contributed by atoms with E-state index >= 15 is 0 Å². The van der Waals surface area contributed by atoms with Crippen LogP contribution in [-0.4, -0.2) is 21.5 Å². The first-order chi connectivity index (χ1) is 9.69. The van der Waals surface area contributed by atoms with Gasteiger partial charge in [0, 0.05) is 24.5 Å². The van der Waals surface area contributed by atoms with Gasteiger partial charge in [0.15, 0.2) is 5.82 Å². The highest BCUT2D eigenvalue weighted by Crippen LogP contribution is 2.17. The van der Waals surface area contributed by atoms with E-state index in [2.05, 4.69) is 41.0 Å². The number of hydrogen-bond donors (Lipinski definition) is 1. The summed E-state index contributed by atoms with van der Waals surface area (Å²) < 4.78 is 0. The van der Waals surface area contributed by atoms with Crippen molar-refractivity contribution in [1.29, 1.82) is 0 Å². The van der Waals surface area contributed by atoms with Crippen LogP contribution in [0, 0.1) is 5.92 Å². The number of nitrogens with zero attached hydrogens (tertiary/aromatic N) is 3. The fourth-order valence-electron chi connectivity index (χ4n) is 1.97. The molecule has 4 heteroatoms. The van der Waals surface area contributed by atoms with Crippen molar-refractivity contribution in [2.45, 2.75) is 33.6 Å². The standard InChI is InChI=1S/C16H22N4/c1-4-8-18-15-11-13(10-12(2)3)19-16(20-15)14-7-5-6-9-17-14/h5-7,9,11-12H,4,8,10H2,1-3H3,(H,18,19,20). The van der Waals surface area contributed by atoms with Crippen LogP contribution in [0.1, 0.15) is 32.9 Å². The third-order valence-electron chi connectivity index (χ3n) is 2.85. The number of pyridine rings is 1. The van der Waals surface area contributed by atoms with Crippen LogP contribution < -0.4 is 5.32 Å². The van der Waals surface area contributed by atoms with Crippen LogP contribution in [0.4, 0.5) is 5.82 Å². The van der Waals surface area contributed by atoms with Gasteiger partial charge in [0.1, 0.15) is 11.5 Å². The minimum absolute atomic E-state index is 0.570. The van der Waals surface area contributed by atoms with Gasteiger partial charge in [-0.25, -0.2) is 9.97 Å². The lowest BCUT2D eigenvalue weighted by Gasteiger charge is -2.10. The summed E-state index contributed by atoms with van der Waals surface area (Å²) in [5.74, 6) is 2.15. The molecule has 0 aromatic carbocycles. The van der Waals surface area contributed by atoms with Gasteiger partial charge < -0.3 is 5.32 Å². The summed E-state index contributed by atoms with van der Waals surface area (Å²) in [6, 6.07) is 7.85. The Morgan fingerprint density at radius 2 is 2.05 bits per heavy atom. The Labute approximate surface area is 120 Å². The lowest BCUT2D eigenvalue weighted by Crippen LogP contribution is -2.07. The molecule has 0 saturated carbocycles. The van der Waals surface area contributed by atoms with E-state index in [-0.39, 0.29) is 0 Å². The van der Waals surface area contributed by atoms with E-state index in [4.69, 9.17) is 0 Å². The predicted octanol–water partition coefficient (Wildman–Crippen LogP) is 3.56. The van der Waals surface area contributed by atoms with E-state index in [1.165, 1.54) is 0 Å². The van der Waals surface area contributed by atoms with E-state index in [1.54, 1.807) is 6.20 Å². The SMILES string of the molecule is CCCNc1cc(CC(C)C)nc(-c2ccccn2)n1. The van der Waals surface area contributed by atoms with Gasteiger partial charge in [0.05, 0.1) is 0 Å². The summed E-state index contributed by atoms with van der Waals surface area (Å²) in [6.45, 7) is 7.45. The smallest absolute Gasteiger partial charge is 0.180 e. The zero-order chi connectivity index (χ0) is 14.4. The summed E-state index contributed by atoms with van der Waals surface area (Å²) >= 11 is 0. The van der Waals surface area contributed by atoms with Gasteiger partial charge in [-0.05, 0) is 30.9 Å². The van der Waals surface area contributed by atoms with Gasteiger partial charge in [0.2, 0.25) is 0 Å². The zero-order valence-electron chi connectivity index (χ0n) is 12.4. The van der Waals surface area contributed by atoms with Crippen molar-refractivity contribution in [3.05, 3.63) is 36.2 Å². The fraction of sp³-hybridized carbons (Fsp3) is 0.438. The molecule has 2 heterocycles. The van der Waals surface area contributed by atoms with Gasteiger partial charge in [-0.1, -0.05) is 26.8 Å². The second kappa shape index (κ2) is 6.98. The van der Waals surface area contributed by atoms with Gasteiger partial charge in [-0.2, -0.15) is 0 Å². The first kappa shape index (κ1) is 14.4. The topological polar surface area (TPSA) is 50.7 Å². The third kappa shape index (κ3) is 4.02. The number of anilines is 1. The second-order valence-corrected chi connectivity index (χ2v) is 5.31. The first-order valence-corrected chi connectivity index (χ1v) is 7.22. The highest BCUT2D eigenvalue weighted by Gasteiger charge is 2.08. The third-order valence-corrected chi connectivity index (χ3v) is 2.85. The fourth-order valence-corrected chi connectivity index (χ4v) is 1.97. The molecular weight excluding hydrogens is 248 g/mol.